The number of benzene rings is 2. The highest BCUT2D eigenvalue weighted by Crippen LogP contribution is 2.17. The molecule has 2 aromatic rings. The van der Waals surface area contributed by atoms with Crippen LogP contribution in [-0.4, -0.2) is 31.2 Å². The maximum Gasteiger partial charge on any atom is 0.255 e. The van der Waals surface area contributed by atoms with E-state index in [0.29, 0.717) is 5.56 Å². The molecule has 0 saturated carbocycles. The molecule has 0 saturated heterocycles. The predicted molar refractivity (Wildman–Crippen MR) is 92.1 cm³/mol. The average Bonchev–Trinajstić information content (AvgIpc) is 2.53. The Kier molecular flexibility index (Phi) is 5.49. The number of hydrazone groups is 1. The van der Waals surface area contributed by atoms with Crippen LogP contribution in [-0.2, 0) is 0 Å². The Hall–Kier alpha value is -2.88. The number of allylic oxidation sites excluding steroid dienone is 1. The van der Waals surface area contributed by atoms with Gasteiger partial charge in [-0.15, -0.1) is 0 Å². The van der Waals surface area contributed by atoms with Gasteiger partial charge in [-0.1, -0.05) is 42.5 Å². The minimum atomic E-state index is -0.122. The molecule has 0 aliphatic rings. The van der Waals surface area contributed by atoms with E-state index in [1.54, 1.807) is 23.4 Å². The monoisotopic (exact) mass is 293 g/mol. The van der Waals surface area contributed by atoms with Gasteiger partial charge in [-0.3, -0.25) is 4.79 Å². The Morgan fingerprint density at radius 3 is 2.45 bits per heavy atom. The molecule has 1 amide bonds. The molecule has 0 atom stereocenters. The van der Waals surface area contributed by atoms with Crippen LogP contribution < -0.4 is 5.32 Å². The molecule has 4 heteroatoms. The van der Waals surface area contributed by atoms with Gasteiger partial charge >= 0.3 is 0 Å². The third-order valence-corrected chi connectivity index (χ3v) is 2.90. The summed E-state index contributed by atoms with van der Waals surface area (Å²) in [4.78, 5) is 12.2. The average molecular weight is 293 g/mol. The molecule has 0 fully saturated rings. The van der Waals surface area contributed by atoms with Crippen LogP contribution in [0.1, 0.15) is 15.9 Å². The van der Waals surface area contributed by atoms with Crippen LogP contribution in [0, 0.1) is 0 Å². The zero-order valence-electron chi connectivity index (χ0n) is 12.7. The minimum Gasteiger partial charge on any atom is -0.321 e. The van der Waals surface area contributed by atoms with Gasteiger partial charge in [0.1, 0.15) is 0 Å². The maximum atomic E-state index is 12.2. The quantitative estimate of drug-likeness (QED) is 0.677. The summed E-state index contributed by atoms with van der Waals surface area (Å²) < 4.78 is 0. The SMILES string of the molecule is CN(C)/N=C/C=C/c1ccccc1NC(=O)c1ccccc1. The predicted octanol–water partition coefficient (Wildman–Crippen LogP) is 3.50. The van der Waals surface area contributed by atoms with Crippen molar-refractivity contribution in [2.24, 2.45) is 5.10 Å². The summed E-state index contributed by atoms with van der Waals surface area (Å²) in [5.41, 5.74) is 2.33. The second kappa shape index (κ2) is 7.78. The Morgan fingerprint density at radius 1 is 1.05 bits per heavy atom. The lowest BCUT2D eigenvalue weighted by molar-refractivity contribution is 0.102. The van der Waals surface area contributed by atoms with E-state index in [0.717, 1.165) is 11.3 Å². The smallest absolute Gasteiger partial charge is 0.255 e. The van der Waals surface area contributed by atoms with E-state index in [1.807, 2.05) is 68.7 Å². The number of nitrogens with zero attached hydrogens (tertiary/aromatic N) is 2. The normalized spacial score (nSPS) is 11.0. The minimum absolute atomic E-state index is 0.122. The van der Waals surface area contributed by atoms with Gasteiger partial charge in [0.25, 0.3) is 5.91 Å². The molecule has 112 valence electrons. The summed E-state index contributed by atoms with van der Waals surface area (Å²) >= 11 is 0. The highest BCUT2D eigenvalue weighted by molar-refractivity contribution is 6.05. The second-order valence-electron chi connectivity index (χ2n) is 4.88. The molecule has 0 bridgehead atoms. The van der Waals surface area contributed by atoms with Crippen LogP contribution in [0.3, 0.4) is 0 Å². The molecule has 0 radical (unpaired) electrons. The summed E-state index contributed by atoms with van der Waals surface area (Å²) in [7, 11) is 3.72. The summed E-state index contributed by atoms with van der Waals surface area (Å²) in [6, 6.07) is 16.8. The molecule has 2 aromatic carbocycles. The first-order chi connectivity index (χ1) is 10.7. The number of anilines is 1. The first kappa shape index (κ1) is 15.5. The third-order valence-electron chi connectivity index (χ3n) is 2.90. The third kappa shape index (κ3) is 4.59. The largest absolute Gasteiger partial charge is 0.321 e. The molecule has 0 spiro atoms. The van der Waals surface area contributed by atoms with Crippen molar-refractivity contribution in [2.45, 2.75) is 0 Å². The number of amides is 1. The summed E-state index contributed by atoms with van der Waals surface area (Å²) in [6.45, 7) is 0. The number of carbonyl (C=O) groups excluding carboxylic acids is 1. The van der Waals surface area contributed by atoms with E-state index in [-0.39, 0.29) is 5.91 Å². The lowest BCUT2D eigenvalue weighted by Crippen LogP contribution is -2.12. The van der Waals surface area contributed by atoms with Crippen molar-refractivity contribution >= 4 is 23.9 Å². The fraction of sp³-hybridized carbons (Fsp3) is 0.111. The van der Waals surface area contributed by atoms with Crippen molar-refractivity contribution in [1.82, 2.24) is 5.01 Å². The van der Waals surface area contributed by atoms with Gasteiger partial charge in [-0.2, -0.15) is 5.10 Å². The number of hydrogen-bond acceptors (Lipinski definition) is 3. The highest BCUT2D eigenvalue weighted by atomic mass is 16.1. The lowest BCUT2D eigenvalue weighted by atomic mass is 10.1. The van der Waals surface area contributed by atoms with E-state index in [1.165, 1.54) is 0 Å². The molecule has 22 heavy (non-hydrogen) atoms. The summed E-state index contributed by atoms with van der Waals surface area (Å²) in [6.07, 6.45) is 5.46. The van der Waals surface area contributed by atoms with E-state index in [9.17, 15) is 4.79 Å². The van der Waals surface area contributed by atoms with E-state index >= 15 is 0 Å². The highest BCUT2D eigenvalue weighted by Gasteiger charge is 2.06. The Balaban J connectivity index is 2.13. The molecule has 0 aliphatic heterocycles. The van der Waals surface area contributed by atoms with Gasteiger partial charge < -0.3 is 10.3 Å². The van der Waals surface area contributed by atoms with E-state index in [2.05, 4.69) is 10.4 Å². The van der Waals surface area contributed by atoms with Gasteiger partial charge in [-0.05, 0) is 29.8 Å². The Bertz CT molecular complexity index is 676. The van der Waals surface area contributed by atoms with E-state index in [4.69, 9.17) is 0 Å². The topological polar surface area (TPSA) is 44.7 Å². The van der Waals surface area contributed by atoms with Crippen molar-refractivity contribution in [3.8, 4) is 0 Å². The number of para-hydroxylation sites is 1. The molecule has 4 nitrogen and oxygen atoms in total. The Labute approximate surface area is 130 Å². The number of nitrogens with one attached hydrogen (secondary N) is 1. The molecule has 0 unspecified atom stereocenters. The molecular formula is C18H19N3O. The molecule has 2 rings (SSSR count). The first-order valence-electron chi connectivity index (χ1n) is 7.00. The fourth-order valence-electron chi connectivity index (χ4n) is 1.86. The first-order valence-corrected chi connectivity index (χ1v) is 7.00. The van der Waals surface area contributed by atoms with Crippen molar-refractivity contribution in [3.05, 3.63) is 71.8 Å². The van der Waals surface area contributed by atoms with Crippen molar-refractivity contribution in [1.29, 1.82) is 0 Å². The zero-order chi connectivity index (χ0) is 15.8. The van der Waals surface area contributed by atoms with Crippen molar-refractivity contribution in [3.63, 3.8) is 0 Å². The van der Waals surface area contributed by atoms with Crippen LogP contribution in [0.2, 0.25) is 0 Å². The summed E-state index contributed by atoms with van der Waals surface area (Å²) in [5, 5.41) is 8.76. The van der Waals surface area contributed by atoms with Gasteiger partial charge in [0.05, 0.1) is 0 Å². The van der Waals surface area contributed by atoms with Crippen LogP contribution >= 0.6 is 0 Å². The number of carbonyl (C=O) groups is 1. The van der Waals surface area contributed by atoms with Crippen LogP contribution in [0.4, 0.5) is 5.69 Å². The van der Waals surface area contributed by atoms with Gasteiger partial charge in [0.2, 0.25) is 0 Å². The molecule has 1 N–H and O–H groups in total. The number of hydrogen-bond donors (Lipinski definition) is 1. The van der Waals surface area contributed by atoms with Gasteiger partial charge in [-0.25, -0.2) is 0 Å². The zero-order valence-corrected chi connectivity index (χ0v) is 12.7. The van der Waals surface area contributed by atoms with Crippen LogP contribution in [0.25, 0.3) is 6.08 Å². The summed E-state index contributed by atoms with van der Waals surface area (Å²) in [5.74, 6) is -0.122. The van der Waals surface area contributed by atoms with Crippen molar-refractivity contribution in [2.75, 3.05) is 19.4 Å². The van der Waals surface area contributed by atoms with Crippen LogP contribution in [0.5, 0.6) is 0 Å². The van der Waals surface area contributed by atoms with Crippen molar-refractivity contribution < 1.29 is 4.79 Å². The molecule has 0 aromatic heterocycles. The standard InChI is InChI=1S/C18H19N3O/c1-21(2)19-14-8-12-15-9-6-7-13-17(15)20-18(22)16-10-4-3-5-11-16/h3-14H,1-2H3,(H,20,22)/b12-8+,19-14+. The molecule has 0 aliphatic carbocycles. The molecular weight excluding hydrogens is 274 g/mol. The van der Waals surface area contributed by atoms with Gasteiger partial charge in [0, 0.05) is 31.6 Å². The van der Waals surface area contributed by atoms with Gasteiger partial charge in [0.15, 0.2) is 0 Å². The van der Waals surface area contributed by atoms with Crippen LogP contribution in [0.15, 0.2) is 65.8 Å². The maximum absolute atomic E-state index is 12.2. The fourth-order valence-corrected chi connectivity index (χ4v) is 1.86. The lowest BCUT2D eigenvalue weighted by Gasteiger charge is -2.08. The number of rotatable bonds is 5. The molecule has 0 heterocycles. The second-order valence-corrected chi connectivity index (χ2v) is 4.88. The Morgan fingerprint density at radius 2 is 1.73 bits per heavy atom. The van der Waals surface area contributed by atoms with E-state index < -0.39 is 0 Å².